The summed E-state index contributed by atoms with van der Waals surface area (Å²) in [5.74, 6) is -0.291. The van der Waals surface area contributed by atoms with Crippen molar-refractivity contribution in [3.8, 4) is 0 Å². The van der Waals surface area contributed by atoms with E-state index in [1.807, 2.05) is 18.2 Å². The summed E-state index contributed by atoms with van der Waals surface area (Å²) in [6, 6.07) is 17.6. The van der Waals surface area contributed by atoms with E-state index in [9.17, 15) is 9.59 Å². The van der Waals surface area contributed by atoms with Crippen molar-refractivity contribution >= 4 is 27.5 Å². The number of rotatable bonds is 5. The molecule has 168 valence electrons. The monoisotopic (exact) mass is 503 g/mol. The van der Waals surface area contributed by atoms with Crippen molar-refractivity contribution in [1.29, 1.82) is 0 Å². The summed E-state index contributed by atoms with van der Waals surface area (Å²) in [6.45, 7) is 5.90. The van der Waals surface area contributed by atoms with Gasteiger partial charge in [-0.15, -0.1) is 0 Å². The number of ketones is 2. The van der Waals surface area contributed by atoms with Crippen LogP contribution >= 0.6 is 15.9 Å². The van der Waals surface area contributed by atoms with Crippen molar-refractivity contribution in [1.82, 2.24) is 14.8 Å². The Morgan fingerprint density at radius 3 is 2.09 bits per heavy atom. The minimum Gasteiger partial charge on any atom is -0.297 e. The highest BCUT2D eigenvalue weighted by Gasteiger charge is 2.58. The van der Waals surface area contributed by atoms with Gasteiger partial charge < -0.3 is 0 Å². The van der Waals surface area contributed by atoms with Crippen molar-refractivity contribution < 1.29 is 9.59 Å². The molecule has 1 saturated heterocycles. The van der Waals surface area contributed by atoms with Gasteiger partial charge in [-0.05, 0) is 39.5 Å². The third-order valence-corrected chi connectivity index (χ3v) is 7.37. The van der Waals surface area contributed by atoms with Gasteiger partial charge in [-0.2, -0.15) is 0 Å². The summed E-state index contributed by atoms with van der Waals surface area (Å²) in [4.78, 5) is 36.5. The number of hydrogen-bond donors (Lipinski definition) is 0. The number of pyridine rings is 1. The van der Waals surface area contributed by atoms with E-state index in [1.54, 1.807) is 24.5 Å². The molecule has 0 bridgehead atoms. The van der Waals surface area contributed by atoms with Crippen molar-refractivity contribution in [2.24, 2.45) is 0 Å². The average Bonchev–Trinajstić information content (AvgIpc) is 3.08. The van der Waals surface area contributed by atoms with Crippen molar-refractivity contribution in [2.45, 2.75) is 25.4 Å². The molecule has 1 aliphatic carbocycles. The molecule has 0 spiro atoms. The Labute approximate surface area is 202 Å². The average molecular weight is 504 g/mol. The third kappa shape index (κ3) is 3.66. The van der Waals surface area contributed by atoms with Gasteiger partial charge in [-0.1, -0.05) is 55.5 Å². The Balaban J connectivity index is 1.46. The van der Waals surface area contributed by atoms with E-state index in [0.29, 0.717) is 29.8 Å². The van der Waals surface area contributed by atoms with E-state index >= 15 is 0 Å². The highest BCUT2D eigenvalue weighted by Crippen LogP contribution is 2.43. The lowest BCUT2D eigenvalue weighted by atomic mass is 9.83. The summed E-state index contributed by atoms with van der Waals surface area (Å²) in [6.07, 6.45) is 4.35. The Morgan fingerprint density at radius 1 is 0.879 bits per heavy atom. The number of aryl methyl sites for hydroxylation is 1. The smallest absolute Gasteiger partial charge is 0.196 e. The predicted molar refractivity (Wildman–Crippen MR) is 131 cm³/mol. The van der Waals surface area contributed by atoms with Gasteiger partial charge in [0.1, 0.15) is 0 Å². The molecule has 33 heavy (non-hydrogen) atoms. The van der Waals surface area contributed by atoms with Crippen LogP contribution in [-0.2, 0) is 18.5 Å². The number of carbonyl (C=O) groups is 2. The second kappa shape index (κ2) is 8.93. The second-order valence-electron chi connectivity index (χ2n) is 8.69. The van der Waals surface area contributed by atoms with Gasteiger partial charge in [-0.3, -0.25) is 24.4 Å². The molecule has 3 aromatic rings. The number of Topliss-reactive ketones (excluding diaryl/α,β-unsaturated/α-hetero) is 2. The Bertz CT molecular complexity index is 1180. The molecular formula is C27H26BrN3O2. The lowest BCUT2D eigenvalue weighted by Crippen LogP contribution is -2.60. The van der Waals surface area contributed by atoms with Gasteiger partial charge in [-0.25, -0.2) is 0 Å². The maximum absolute atomic E-state index is 13.9. The molecule has 1 fully saturated rings. The maximum atomic E-state index is 13.9. The number of benzene rings is 2. The first kappa shape index (κ1) is 22.1. The topological polar surface area (TPSA) is 53.5 Å². The fourth-order valence-corrected chi connectivity index (χ4v) is 5.62. The predicted octanol–water partition coefficient (Wildman–Crippen LogP) is 4.50. The molecule has 1 aliphatic heterocycles. The Morgan fingerprint density at radius 2 is 1.48 bits per heavy atom. The fourth-order valence-electron chi connectivity index (χ4n) is 5.25. The van der Waals surface area contributed by atoms with E-state index < -0.39 is 5.54 Å². The van der Waals surface area contributed by atoms with Crippen LogP contribution in [-0.4, -0.2) is 52.5 Å². The van der Waals surface area contributed by atoms with Crippen LogP contribution in [0.2, 0.25) is 0 Å². The Kier molecular flexibility index (Phi) is 5.99. The number of fused-ring (bicyclic) bond motifs is 1. The number of aromatic nitrogens is 1. The van der Waals surface area contributed by atoms with Crippen LogP contribution in [0, 0.1) is 0 Å². The summed E-state index contributed by atoms with van der Waals surface area (Å²) in [7, 11) is 0. The standard InChI is InChI=1S/C27H26BrN3O2/c1-2-19-7-3-4-8-20(19)18-30-11-13-31(14-12-30)27(21-15-22(28)17-29-16-21)25(32)23-9-5-6-10-24(23)26(27)33/h3-10,15-17H,2,11-14,18H2,1H3. The molecule has 0 amide bonds. The van der Waals surface area contributed by atoms with Crippen LogP contribution < -0.4 is 0 Å². The van der Waals surface area contributed by atoms with Gasteiger partial charge >= 0.3 is 0 Å². The number of halogens is 1. The SMILES string of the molecule is CCc1ccccc1CN1CCN(C2(c3cncc(Br)c3)C(=O)c3ccccc3C2=O)CC1. The zero-order valence-electron chi connectivity index (χ0n) is 18.6. The number of carbonyl (C=O) groups excluding carboxylic acids is 2. The third-order valence-electron chi connectivity index (χ3n) is 6.94. The summed E-state index contributed by atoms with van der Waals surface area (Å²) in [5.41, 5.74) is 3.00. The van der Waals surface area contributed by atoms with Crippen LogP contribution in [0.25, 0.3) is 0 Å². The molecule has 5 rings (SSSR count). The first-order valence-electron chi connectivity index (χ1n) is 11.4. The second-order valence-corrected chi connectivity index (χ2v) is 9.61. The normalized spacial score (nSPS) is 18.5. The first-order chi connectivity index (χ1) is 16.1. The maximum Gasteiger partial charge on any atom is 0.196 e. The van der Waals surface area contributed by atoms with Crippen LogP contribution in [0.3, 0.4) is 0 Å². The number of hydrogen-bond acceptors (Lipinski definition) is 5. The molecule has 0 atom stereocenters. The Hall–Kier alpha value is -2.67. The van der Waals surface area contributed by atoms with E-state index in [2.05, 4.69) is 61.9 Å². The number of nitrogens with zero attached hydrogens (tertiary/aromatic N) is 3. The van der Waals surface area contributed by atoms with Gasteiger partial charge in [0.2, 0.25) is 0 Å². The molecule has 2 aliphatic rings. The molecule has 2 heterocycles. The van der Waals surface area contributed by atoms with E-state index in [-0.39, 0.29) is 11.6 Å². The van der Waals surface area contributed by atoms with Crippen molar-refractivity contribution in [3.63, 3.8) is 0 Å². The molecule has 6 heteroatoms. The molecule has 2 aromatic carbocycles. The summed E-state index contributed by atoms with van der Waals surface area (Å²) in [5, 5.41) is 0. The lowest BCUT2D eigenvalue weighted by molar-refractivity contribution is 0.0277. The zero-order valence-corrected chi connectivity index (χ0v) is 20.2. The number of piperazine rings is 1. The van der Waals surface area contributed by atoms with Crippen molar-refractivity contribution in [2.75, 3.05) is 26.2 Å². The van der Waals surface area contributed by atoms with Crippen LogP contribution in [0.4, 0.5) is 0 Å². The summed E-state index contributed by atoms with van der Waals surface area (Å²) >= 11 is 3.48. The highest BCUT2D eigenvalue weighted by atomic mass is 79.9. The zero-order chi connectivity index (χ0) is 23.0. The van der Waals surface area contributed by atoms with Gasteiger partial charge in [0.15, 0.2) is 17.1 Å². The minimum absolute atomic E-state index is 0.146. The molecule has 1 aromatic heterocycles. The van der Waals surface area contributed by atoms with Gasteiger partial charge in [0, 0.05) is 66.3 Å². The molecular weight excluding hydrogens is 478 g/mol. The van der Waals surface area contributed by atoms with E-state index in [1.165, 1.54) is 11.1 Å². The largest absolute Gasteiger partial charge is 0.297 e. The molecule has 0 radical (unpaired) electrons. The molecule has 0 N–H and O–H groups in total. The minimum atomic E-state index is -1.35. The highest BCUT2D eigenvalue weighted by molar-refractivity contribution is 9.10. The quantitative estimate of drug-likeness (QED) is 0.479. The van der Waals surface area contributed by atoms with Crippen LogP contribution in [0.1, 0.15) is 44.3 Å². The van der Waals surface area contributed by atoms with Gasteiger partial charge in [0.25, 0.3) is 0 Å². The molecule has 0 saturated carbocycles. The van der Waals surface area contributed by atoms with E-state index in [0.717, 1.165) is 30.5 Å². The summed E-state index contributed by atoms with van der Waals surface area (Å²) < 4.78 is 0.755. The van der Waals surface area contributed by atoms with Crippen LogP contribution in [0.15, 0.2) is 71.5 Å². The molecule has 0 unspecified atom stereocenters. The van der Waals surface area contributed by atoms with Gasteiger partial charge in [0.05, 0.1) is 0 Å². The van der Waals surface area contributed by atoms with Crippen molar-refractivity contribution in [3.05, 3.63) is 99.3 Å². The molecule has 5 nitrogen and oxygen atoms in total. The fraction of sp³-hybridized carbons (Fsp3) is 0.296. The lowest BCUT2D eigenvalue weighted by Gasteiger charge is -2.44. The van der Waals surface area contributed by atoms with E-state index in [4.69, 9.17) is 0 Å². The van der Waals surface area contributed by atoms with Crippen LogP contribution in [0.5, 0.6) is 0 Å². The first-order valence-corrected chi connectivity index (χ1v) is 12.2.